The fraction of sp³-hybridized carbons (Fsp3) is 0.667. The van der Waals surface area contributed by atoms with Gasteiger partial charge in [0.25, 0.3) is 0 Å². The highest BCUT2D eigenvalue weighted by molar-refractivity contribution is 9.09. The first-order valence-corrected chi connectivity index (χ1v) is 9.22. The molecule has 22 heavy (non-hydrogen) atoms. The van der Waals surface area contributed by atoms with Crippen molar-refractivity contribution >= 4 is 27.7 Å². The molecule has 0 saturated heterocycles. The van der Waals surface area contributed by atoms with Gasteiger partial charge in [-0.05, 0) is 55.9 Å². The summed E-state index contributed by atoms with van der Waals surface area (Å²) in [7, 11) is 0. The smallest absolute Gasteiger partial charge is 0.333 e. The number of hydrogen-bond acceptors (Lipinski definition) is 3. The lowest BCUT2D eigenvalue weighted by Gasteiger charge is -2.18. The normalized spacial score (nSPS) is 28.3. The fourth-order valence-corrected chi connectivity index (χ4v) is 3.82. The Bertz CT molecular complexity index is 506. The van der Waals surface area contributed by atoms with Crippen LogP contribution in [0.15, 0.2) is 23.3 Å². The molecule has 0 N–H and O–H groups in total. The molecule has 0 aliphatic heterocycles. The average Bonchev–Trinajstić information content (AvgIpc) is 2.68. The van der Waals surface area contributed by atoms with Gasteiger partial charge in [0.15, 0.2) is 5.78 Å². The molecule has 2 rings (SSSR count). The molecule has 0 bridgehead atoms. The van der Waals surface area contributed by atoms with Crippen molar-refractivity contribution in [1.82, 2.24) is 0 Å². The van der Waals surface area contributed by atoms with Gasteiger partial charge in [-0.1, -0.05) is 35.0 Å². The van der Waals surface area contributed by atoms with Crippen LogP contribution in [0.3, 0.4) is 0 Å². The average molecular weight is 369 g/mol. The van der Waals surface area contributed by atoms with Crippen molar-refractivity contribution in [3.63, 3.8) is 0 Å². The second-order valence-corrected chi connectivity index (χ2v) is 7.34. The molecule has 3 nitrogen and oxygen atoms in total. The number of halogens is 1. The van der Waals surface area contributed by atoms with Crippen LogP contribution in [0.2, 0.25) is 0 Å². The predicted octanol–water partition coefficient (Wildman–Crippen LogP) is 4.21. The molecule has 4 heteroatoms. The minimum atomic E-state index is -0.278. The molecule has 0 unspecified atom stereocenters. The van der Waals surface area contributed by atoms with Crippen molar-refractivity contribution in [2.45, 2.75) is 46.0 Å². The highest BCUT2D eigenvalue weighted by atomic mass is 79.9. The van der Waals surface area contributed by atoms with Crippen LogP contribution in [-0.4, -0.2) is 23.7 Å². The summed E-state index contributed by atoms with van der Waals surface area (Å²) in [6.07, 6.45) is 4.24. The maximum absolute atomic E-state index is 12.1. The van der Waals surface area contributed by atoms with E-state index >= 15 is 0 Å². The van der Waals surface area contributed by atoms with Crippen LogP contribution in [0.1, 0.15) is 46.0 Å². The van der Waals surface area contributed by atoms with Crippen LogP contribution in [0, 0.1) is 17.8 Å². The Morgan fingerprint density at radius 2 is 2.09 bits per heavy atom. The van der Waals surface area contributed by atoms with Crippen molar-refractivity contribution in [1.29, 1.82) is 0 Å². The van der Waals surface area contributed by atoms with Crippen LogP contribution in [0.25, 0.3) is 0 Å². The number of carbonyl (C=O) groups is 2. The molecule has 2 aliphatic rings. The topological polar surface area (TPSA) is 43.4 Å². The number of allylic oxidation sites excluding steroid dienone is 2. The summed E-state index contributed by atoms with van der Waals surface area (Å²) in [5, 5.41) is 0.823. The maximum Gasteiger partial charge on any atom is 0.333 e. The number of esters is 1. The summed E-state index contributed by atoms with van der Waals surface area (Å²) in [6, 6.07) is 0. The maximum atomic E-state index is 12.1. The predicted molar refractivity (Wildman–Crippen MR) is 90.8 cm³/mol. The van der Waals surface area contributed by atoms with Crippen LogP contribution >= 0.6 is 15.9 Å². The Kier molecular flexibility index (Phi) is 6.01. The van der Waals surface area contributed by atoms with E-state index in [9.17, 15) is 9.59 Å². The van der Waals surface area contributed by atoms with E-state index in [-0.39, 0.29) is 17.7 Å². The zero-order chi connectivity index (χ0) is 16.3. The van der Waals surface area contributed by atoms with E-state index in [0.29, 0.717) is 30.4 Å². The Balaban J connectivity index is 2.07. The van der Waals surface area contributed by atoms with Crippen molar-refractivity contribution in [2.75, 3.05) is 11.9 Å². The van der Waals surface area contributed by atoms with Crippen molar-refractivity contribution < 1.29 is 14.3 Å². The third-order valence-corrected chi connectivity index (χ3v) is 5.70. The van der Waals surface area contributed by atoms with Gasteiger partial charge in [-0.3, -0.25) is 4.79 Å². The lowest BCUT2D eigenvalue weighted by atomic mass is 9.86. The zero-order valence-electron chi connectivity index (χ0n) is 13.5. The van der Waals surface area contributed by atoms with Gasteiger partial charge < -0.3 is 4.74 Å². The first-order chi connectivity index (χ1) is 10.5. The van der Waals surface area contributed by atoms with Gasteiger partial charge in [-0.25, -0.2) is 4.79 Å². The minimum Gasteiger partial charge on any atom is -0.462 e. The Hall–Kier alpha value is -0.900. The number of alkyl halides is 1. The molecule has 0 amide bonds. The molecule has 0 aromatic rings. The van der Waals surface area contributed by atoms with Gasteiger partial charge in [0, 0.05) is 17.3 Å². The molecule has 122 valence electrons. The van der Waals surface area contributed by atoms with Crippen LogP contribution in [0.5, 0.6) is 0 Å². The van der Waals surface area contributed by atoms with Crippen molar-refractivity contribution in [3.8, 4) is 0 Å². The quantitative estimate of drug-likeness (QED) is 0.316. The summed E-state index contributed by atoms with van der Waals surface area (Å²) in [5.74, 6) is 0.978. The number of fused-ring (bicyclic) bond motifs is 1. The molecule has 0 spiro atoms. The minimum absolute atomic E-state index is 0.111. The number of rotatable bonds is 5. The van der Waals surface area contributed by atoms with Gasteiger partial charge in [-0.2, -0.15) is 0 Å². The second kappa shape index (κ2) is 7.58. The Morgan fingerprint density at radius 3 is 2.77 bits per heavy atom. The summed E-state index contributed by atoms with van der Waals surface area (Å²) < 4.78 is 5.27. The van der Waals surface area contributed by atoms with Crippen LogP contribution in [-0.2, 0) is 14.3 Å². The number of Topliss-reactive ketones (excluding diaryl/α,β-unsaturated/α-hetero) is 1. The van der Waals surface area contributed by atoms with Crippen LogP contribution in [0.4, 0.5) is 0 Å². The van der Waals surface area contributed by atoms with Crippen molar-refractivity contribution in [2.24, 2.45) is 17.8 Å². The molecule has 0 aromatic heterocycles. The molecule has 1 saturated carbocycles. The fourth-order valence-electron chi connectivity index (χ4n) is 3.59. The zero-order valence-corrected chi connectivity index (χ0v) is 15.1. The van der Waals surface area contributed by atoms with E-state index in [0.717, 1.165) is 36.6 Å². The SMILES string of the molecule is C=C(C(=O)OCCCBr)[C@@H]1CC[C@H](C)[C@@H]2CC(=O)C(C)=C2C1. The third kappa shape index (κ3) is 3.70. The van der Waals surface area contributed by atoms with E-state index in [4.69, 9.17) is 4.74 Å². The first kappa shape index (κ1) is 17.5. The molecule has 0 heterocycles. The highest BCUT2D eigenvalue weighted by Gasteiger charge is 2.38. The van der Waals surface area contributed by atoms with Crippen LogP contribution < -0.4 is 0 Å². The first-order valence-electron chi connectivity index (χ1n) is 8.10. The molecule has 3 atom stereocenters. The third-order valence-electron chi connectivity index (χ3n) is 5.14. The van der Waals surface area contributed by atoms with Gasteiger partial charge in [0.1, 0.15) is 0 Å². The number of hydrogen-bond donors (Lipinski definition) is 0. The highest BCUT2D eigenvalue weighted by Crippen LogP contribution is 2.45. The molecule has 0 radical (unpaired) electrons. The van der Waals surface area contributed by atoms with E-state index in [1.165, 1.54) is 5.57 Å². The van der Waals surface area contributed by atoms with Gasteiger partial charge in [0.2, 0.25) is 0 Å². The summed E-state index contributed by atoms with van der Waals surface area (Å²) in [5.41, 5.74) is 2.75. The van der Waals surface area contributed by atoms with Gasteiger partial charge >= 0.3 is 5.97 Å². The summed E-state index contributed by atoms with van der Waals surface area (Å²) in [6.45, 7) is 8.57. The monoisotopic (exact) mass is 368 g/mol. The molecule has 0 aromatic carbocycles. The standard InChI is InChI=1S/C18H25BrO3/c1-11-5-6-14(12(2)18(21)22-8-4-7-19)9-16-13(3)17(20)10-15(11)16/h11,14-15H,2,4-10H2,1,3H3/t11-,14+,15-/m0/s1. The largest absolute Gasteiger partial charge is 0.462 e. The second-order valence-electron chi connectivity index (χ2n) is 6.54. The van der Waals surface area contributed by atoms with Crippen molar-refractivity contribution in [3.05, 3.63) is 23.3 Å². The van der Waals surface area contributed by atoms with Gasteiger partial charge in [0.05, 0.1) is 6.61 Å². The lowest BCUT2D eigenvalue weighted by molar-refractivity contribution is -0.139. The lowest BCUT2D eigenvalue weighted by Crippen LogP contribution is -2.16. The van der Waals surface area contributed by atoms with Gasteiger partial charge in [-0.15, -0.1) is 0 Å². The Labute approximate surface area is 141 Å². The van der Waals surface area contributed by atoms with E-state index in [1.54, 1.807) is 0 Å². The number of carbonyl (C=O) groups excluding carboxylic acids is 2. The number of ether oxygens (including phenoxy) is 1. The molecule has 1 fully saturated rings. The molecular formula is C18H25BrO3. The molecular weight excluding hydrogens is 344 g/mol. The summed E-state index contributed by atoms with van der Waals surface area (Å²) in [4.78, 5) is 24.1. The summed E-state index contributed by atoms with van der Waals surface area (Å²) >= 11 is 3.32. The molecule has 2 aliphatic carbocycles. The Morgan fingerprint density at radius 1 is 1.36 bits per heavy atom. The number of ketones is 1. The van der Waals surface area contributed by atoms with E-state index in [2.05, 4.69) is 29.4 Å². The van der Waals surface area contributed by atoms with E-state index in [1.807, 2.05) is 6.92 Å². The van der Waals surface area contributed by atoms with E-state index < -0.39 is 0 Å².